The second-order valence-corrected chi connectivity index (χ2v) is 5.61. The van der Waals surface area contributed by atoms with Crippen molar-refractivity contribution in [3.8, 4) is 21.9 Å². The van der Waals surface area contributed by atoms with E-state index in [2.05, 4.69) is 15.2 Å². The zero-order chi connectivity index (χ0) is 12.8. The van der Waals surface area contributed by atoms with Crippen LogP contribution in [0.3, 0.4) is 0 Å². The van der Waals surface area contributed by atoms with Crippen LogP contribution in [0.4, 0.5) is 0 Å². The van der Waals surface area contributed by atoms with Gasteiger partial charge in [0, 0.05) is 11.6 Å². The number of hydrogen-bond donors (Lipinski definition) is 0. The summed E-state index contributed by atoms with van der Waals surface area (Å²) in [6.45, 7) is 0.446. The van der Waals surface area contributed by atoms with Crippen LogP contribution < -0.4 is 4.74 Å². The molecule has 2 aromatic heterocycles. The molecule has 0 radical (unpaired) electrons. The Balaban J connectivity index is 1.86. The lowest BCUT2D eigenvalue weighted by molar-refractivity contribution is 0.298. The van der Waals surface area contributed by atoms with E-state index in [1.54, 1.807) is 17.2 Å². The fourth-order valence-corrected chi connectivity index (χ4v) is 3.23. The number of thiazole rings is 1. The molecule has 5 nitrogen and oxygen atoms in total. The highest BCUT2D eigenvalue weighted by atomic mass is 35.5. The van der Waals surface area contributed by atoms with Crippen molar-refractivity contribution in [2.75, 3.05) is 0 Å². The minimum atomic E-state index is 0.446. The zero-order valence-corrected chi connectivity index (χ0v) is 11.1. The third-order valence-corrected chi connectivity index (χ3v) is 4.13. The lowest BCUT2D eigenvalue weighted by Crippen LogP contribution is -2.06. The van der Waals surface area contributed by atoms with E-state index >= 15 is 0 Å². The maximum absolute atomic E-state index is 5.96. The molecule has 0 unspecified atom stereocenters. The lowest BCUT2D eigenvalue weighted by atomic mass is 10.1. The summed E-state index contributed by atoms with van der Waals surface area (Å²) < 4.78 is 6.26. The normalized spacial score (nSPS) is 12.7. The van der Waals surface area contributed by atoms with E-state index in [1.165, 1.54) is 11.3 Å². The van der Waals surface area contributed by atoms with Crippen LogP contribution in [-0.4, -0.2) is 20.0 Å². The van der Waals surface area contributed by atoms with E-state index in [-0.39, 0.29) is 0 Å². The summed E-state index contributed by atoms with van der Waals surface area (Å²) in [5, 5.41) is 8.21. The Morgan fingerprint density at radius 1 is 1.26 bits per heavy atom. The topological polar surface area (TPSA) is 52.8 Å². The minimum absolute atomic E-state index is 0.446. The first kappa shape index (κ1) is 11.0. The molecule has 94 valence electrons. The van der Waals surface area contributed by atoms with Crippen molar-refractivity contribution in [1.29, 1.82) is 0 Å². The van der Waals surface area contributed by atoms with Gasteiger partial charge in [-0.05, 0) is 12.1 Å². The molecule has 0 fully saturated rings. The summed E-state index contributed by atoms with van der Waals surface area (Å²) in [4.78, 5) is 6.88. The highest BCUT2D eigenvalue weighted by Crippen LogP contribution is 2.42. The first-order chi connectivity index (χ1) is 9.31. The van der Waals surface area contributed by atoms with Gasteiger partial charge >= 0.3 is 0 Å². The molecule has 19 heavy (non-hydrogen) atoms. The summed E-state index contributed by atoms with van der Waals surface area (Å²) in [7, 11) is 0. The molecule has 3 heterocycles. The fraction of sp³-hybridized carbons (Fsp3) is 0.0833. The van der Waals surface area contributed by atoms with Gasteiger partial charge in [-0.1, -0.05) is 11.6 Å². The molecule has 7 heteroatoms. The Morgan fingerprint density at radius 3 is 2.95 bits per heavy atom. The van der Waals surface area contributed by atoms with Gasteiger partial charge in [-0.25, -0.2) is 4.98 Å². The molecule has 0 amide bonds. The van der Waals surface area contributed by atoms with Crippen LogP contribution in [0, 0.1) is 0 Å². The number of fused-ring (bicyclic) bond motifs is 3. The Hall–Kier alpha value is -1.92. The molecule has 0 saturated carbocycles. The molecule has 0 aliphatic carbocycles. The predicted molar refractivity (Wildman–Crippen MR) is 71.8 cm³/mol. The molecule has 1 aliphatic rings. The van der Waals surface area contributed by atoms with Crippen LogP contribution in [0.1, 0.15) is 5.69 Å². The predicted octanol–water partition coefficient (Wildman–Crippen LogP) is 2.94. The molecule has 1 aromatic carbocycles. The summed E-state index contributed by atoms with van der Waals surface area (Å²) in [5.41, 5.74) is 2.77. The highest BCUT2D eigenvalue weighted by Gasteiger charge is 2.22. The van der Waals surface area contributed by atoms with Crippen molar-refractivity contribution in [3.05, 3.63) is 40.8 Å². The minimum Gasteiger partial charge on any atom is -0.486 e. The van der Waals surface area contributed by atoms with Gasteiger partial charge in [0.1, 0.15) is 12.4 Å². The van der Waals surface area contributed by atoms with Crippen molar-refractivity contribution in [1.82, 2.24) is 20.0 Å². The average molecular weight is 291 g/mol. The number of rotatable bonds is 1. The molecule has 0 bridgehead atoms. The van der Waals surface area contributed by atoms with Crippen LogP contribution in [0.15, 0.2) is 30.6 Å². The van der Waals surface area contributed by atoms with Crippen LogP contribution >= 0.6 is 22.9 Å². The molecular weight excluding hydrogens is 284 g/mol. The van der Waals surface area contributed by atoms with E-state index in [9.17, 15) is 0 Å². The Labute approximate surface area is 117 Å². The SMILES string of the molecule is Clc1nc2c(s1)-c1ccc(-n3nccn3)cc1OC2. The number of benzene rings is 1. The van der Waals surface area contributed by atoms with Crippen LogP contribution in [-0.2, 0) is 6.61 Å². The summed E-state index contributed by atoms with van der Waals surface area (Å²) in [5.74, 6) is 0.808. The van der Waals surface area contributed by atoms with E-state index in [1.807, 2.05) is 18.2 Å². The van der Waals surface area contributed by atoms with Gasteiger partial charge in [-0.3, -0.25) is 0 Å². The molecule has 0 saturated heterocycles. The van der Waals surface area contributed by atoms with Crippen molar-refractivity contribution in [3.63, 3.8) is 0 Å². The Kier molecular flexibility index (Phi) is 2.33. The van der Waals surface area contributed by atoms with Gasteiger partial charge in [0.15, 0.2) is 4.47 Å². The number of aromatic nitrogens is 4. The van der Waals surface area contributed by atoms with Gasteiger partial charge in [-0.2, -0.15) is 15.0 Å². The van der Waals surface area contributed by atoms with E-state index in [0.717, 1.165) is 27.6 Å². The van der Waals surface area contributed by atoms with Crippen molar-refractivity contribution in [2.24, 2.45) is 0 Å². The zero-order valence-electron chi connectivity index (χ0n) is 9.58. The largest absolute Gasteiger partial charge is 0.486 e. The fourth-order valence-electron chi connectivity index (χ4n) is 2.07. The standard InChI is InChI=1S/C12H7ClN4OS/c13-12-16-9-6-18-10-5-7(17-14-3-4-15-17)1-2-8(10)11(9)19-12/h1-5H,6H2. The van der Waals surface area contributed by atoms with E-state index in [4.69, 9.17) is 16.3 Å². The van der Waals surface area contributed by atoms with Gasteiger partial charge in [0.2, 0.25) is 0 Å². The average Bonchev–Trinajstić information content (AvgIpc) is 3.05. The number of halogens is 1. The molecule has 1 aliphatic heterocycles. The smallest absolute Gasteiger partial charge is 0.184 e. The van der Waals surface area contributed by atoms with Gasteiger partial charge in [0.05, 0.1) is 28.7 Å². The quantitative estimate of drug-likeness (QED) is 0.691. The highest BCUT2D eigenvalue weighted by molar-refractivity contribution is 7.19. The summed E-state index contributed by atoms with van der Waals surface area (Å²) in [6.07, 6.45) is 3.28. The van der Waals surface area contributed by atoms with Crippen LogP contribution in [0.5, 0.6) is 5.75 Å². The number of hydrogen-bond acceptors (Lipinski definition) is 5. The van der Waals surface area contributed by atoms with Crippen molar-refractivity contribution < 1.29 is 4.74 Å². The third-order valence-electron chi connectivity index (χ3n) is 2.90. The summed E-state index contributed by atoms with van der Waals surface area (Å²) >= 11 is 7.43. The van der Waals surface area contributed by atoms with Crippen molar-refractivity contribution >= 4 is 22.9 Å². The van der Waals surface area contributed by atoms with Gasteiger partial charge < -0.3 is 4.74 Å². The molecule has 0 atom stereocenters. The molecule has 0 N–H and O–H groups in total. The molecule has 3 aromatic rings. The molecular formula is C12H7ClN4OS. The van der Waals surface area contributed by atoms with Gasteiger partial charge in [0.25, 0.3) is 0 Å². The van der Waals surface area contributed by atoms with E-state index in [0.29, 0.717) is 11.1 Å². The van der Waals surface area contributed by atoms with Crippen LogP contribution in [0.25, 0.3) is 16.1 Å². The first-order valence-electron chi connectivity index (χ1n) is 5.60. The van der Waals surface area contributed by atoms with Crippen LogP contribution in [0.2, 0.25) is 4.47 Å². The second-order valence-electron chi connectivity index (χ2n) is 4.03. The number of ether oxygens (including phenoxy) is 1. The first-order valence-corrected chi connectivity index (χ1v) is 6.80. The monoisotopic (exact) mass is 290 g/mol. The third kappa shape index (κ3) is 1.72. The summed E-state index contributed by atoms with van der Waals surface area (Å²) in [6, 6.07) is 5.86. The second kappa shape index (κ2) is 4.04. The molecule has 0 spiro atoms. The number of nitrogens with zero attached hydrogens (tertiary/aromatic N) is 4. The Morgan fingerprint density at radius 2 is 2.11 bits per heavy atom. The van der Waals surface area contributed by atoms with Crippen molar-refractivity contribution in [2.45, 2.75) is 6.61 Å². The van der Waals surface area contributed by atoms with E-state index < -0.39 is 0 Å². The lowest BCUT2D eigenvalue weighted by Gasteiger charge is -2.17. The molecule has 4 rings (SSSR count). The maximum Gasteiger partial charge on any atom is 0.184 e. The maximum atomic E-state index is 5.96. The Bertz CT molecular complexity index is 753. The van der Waals surface area contributed by atoms with Gasteiger partial charge in [-0.15, -0.1) is 11.3 Å².